The van der Waals surface area contributed by atoms with Crippen LogP contribution in [0.4, 0.5) is 11.6 Å². The molecule has 1 saturated carbocycles. The molecule has 1 N–H and O–H groups in total. The van der Waals surface area contributed by atoms with Gasteiger partial charge in [-0.1, -0.05) is 23.2 Å². The maximum atomic E-state index is 6.35. The van der Waals surface area contributed by atoms with Crippen LogP contribution in [0.5, 0.6) is 0 Å². The molecule has 1 aliphatic rings. The fourth-order valence-electron chi connectivity index (χ4n) is 2.18. The molecule has 3 rings (SSSR count). The molecule has 106 valence electrons. The van der Waals surface area contributed by atoms with Crippen molar-refractivity contribution in [2.75, 3.05) is 17.3 Å². The Balaban J connectivity index is 1.94. The molecule has 0 radical (unpaired) electrons. The van der Waals surface area contributed by atoms with Crippen LogP contribution < -0.4 is 10.2 Å². The van der Waals surface area contributed by atoms with Crippen LogP contribution in [0.1, 0.15) is 18.4 Å². The monoisotopic (exact) mass is 327 g/mol. The molecule has 2 aromatic rings. The summed E-state index contributed by atoms with van der Waals surface area (Å²) in [5, 5.41) is 8.42. The molecule has 2 heterocycles. The smallest absolute Gasteiger partial charge is 0.150 e. The second kappa shape index (κ2) is 5.80. The van der Waals surface area contributed by atoms with Crippen molar-refractivity contribution in [3.05, 3.63) is 38.5 Å². The fourth-order valence-corrected chi connectivity index (χ4v) is 3.40. The lowest BCUT2D eigenvalue weighted by Gasteiger charge is -2.25. The van der Waals surface area contributed by atoms with Gasteiger partial charge in [0.15, 0.2) is 5.82 Å². The van der Waals surface area contributed by atoms with Crippen molar-refractivity contribution >= 4 is 46.2 Å². The number of hydrogen-bond donors (Lipinski definition) is 1. The van der Waals surface area contributed by atoms with Gasteiger partial charge in [0.2, 0.25) is 0 Å². The zero-order chi connectivity index (χ0) is 14.1. The SMILES string of the molecule is CNc1nc(N(Cc2ccsc2)C2CC2)c(Cl)cc1Cl. The van der Waals surface area contributed by atoms with Gasteiger partial charge in [0.05, 0.1) is 10.0 Å². The lowest BCUT2D eigenvalue weighted by Crippen LogP contribution is -2.26. The maximum absolute atomic E-state index is 6.35. The Bertz CT molecular complexity index is 597. The highest BCUT2D eigenvalue weighted by Gasteiger charge is 2.31. The van der Waals surface area contributed by atoms with Gasteiger partial charge in [-0.2, -0.15) is 11.3 Å². The first-order chi connectivity index (χ1) is 9.69. The minimum atomic E-state index is 0.533. The van der Waals surface area contributed by atoms with Crippen LogP contribution >= 0.6 is 34.5 Å². The summed E-state index contributed by atoms with van der Waals surface area (Å²) < 4.78 is 0. The molecule has 20 heavy (non-hydrogen) atoms. The first-order valence-corrected chi connectivity index (χ1v) is 8.20. The Morgan fingerprint density at radius 2 is 2.20 bits per heavy atom. The normalized spacial score (nSPS) is 14.3. The molecular weight excluding hydrogens is 313 g/mol. The second-order valence-corrected chi connectivity index (χ2v) is 6.46. The predicted molar refractivity (Wildman–Crippen MR) is 87.3 cm³/mol. The Labute approximate surface area is 132 Å². The highest BCUT2D eigenvalue weighted by atomic mass is 35.5. The van der Waals surface area contributed by atoms with Crippen molar-refractivity contribution in [2.24, 2.45) is 0 Å². The Morgan fingerprint density at radius 3 is 2.80 bits per heavy atom. The average molecular weight is 328 g/mol. The molecule has 1 fully saturated rings. The first-order valence-electron chi connectivity index (χ1n) is 6.50. The highest BCUT2D eigenvalue weighted by molar-refractivity contribution is 7.07. The Kier molecular flexibility index (Phi) is 4.06. The summed E-state index contributed by atoms with van der Waals surface area (Å²) in [6, 6.07) is 4.44. The number of nitrogens with one attached hydrogen (secondary N) is 1. The number of aromatic nitrogens is 1. The quantitative estimate of drug-likeness (QED) is 0.865. The molecular formula is C14H15Cl2N3S. The van der Waals surface area contributed by atoms with Gasteiger partial charge in [0, 0.05) is 19.6 Å². The van der Waals surface area contributed by atoms with Crippen LogP contribution in [0.25, 0.3) is 0 Å². The number of hydrogen-bond acceptors (Lipinski definition) is 4. The molecule has 0 bridgehead atoms. The molecule has 0 saturated heterocycles. The third kappa shape index (κ3) is 2.87. The number of pyridine rings is 1. The Hall–Kier alpha value is -0.970. The van der Waals surface area contributed by atoms with Crippen LogP contribution in [-0.2, 0) is 6.54 Å². The van der Waals surface area contributed by atoms with E-state index >= 15 is 0 Å². The molecule has 0 aliphatic heterocycles. The van der Waals surface area contributed by atoms with Gasteiger partial charge in [0.1, 0.15) is 5.82 Å². The minimum absolute atomic E-state index is 0.533. The molecule has 0 atom stereocenters. The van der Waals surface area contributed by atoms with E-state index in [1.165, 1.54) is 18.4 Å². The van der Waals surface area contributed by atoms with E-state index in [4.69, 9.17) is 23.2 Å². The van der Waals surface area contributed by atoms with E-state index in [1.807, 2.05) is 7.05 Å². The van der Waals surface area contributed by atoms with E-state index in [1.54, 1.807) is 17.4 Å². The van der Waals surface area contributed by atoms with Crippen molar-refractivity contribution in [2.45, 2.75) is 25.4 Å². The van der Waals surface area contributed by atoms with Crippen molar-refractivity contribution < 1.29 is 0 Å². The van der Waals surface area contributed by atoms with Gasteiger partial charge in [-0.05, 0) is 41.3 Å². The molecule has 0 unspecified atom stereocenters. The van der Waals surface area contributed by atoms with Gasteiger partial charge in [-0.15, -0.1) is 0 Å². The van der Waals surface area contributed by atoms with E-state index in [0.717, 1.165) is 12.4 Å². The number of rotatable bonds is 5. The number of halogens is 2. The van der Waals surface area contributed by atoms with Crippen molar-refractivity contribution in [1.29, 1.82) is 0 Å². The zero-order valence-corrected chi connectivity index (χ0v) is 13.4. The summed E-state index contributed by atoms with van der Waals surface area (Å²) in [6.07, 6.45) is 2.39. The number of thiophene rings is 1. The fraction of sp³-hybridized carbons (Fsp3) is 0.357. The molecule has 3 nitrogen and oxygen atoms in total. The molecule has 1 aliphatic carbocycles. The predicted octanol–water partition coefficient (Wildman–Crippen LogP) is 4.66. The summed E-state index contributed by atoms with van der Waals surface area (Å²) >= 11 is 14.2. The summed E-state index contributed by atoms with van der Waals surface area (Å²) in [6.45, 7) is 0.839. The van der Waals surface area contributed by atoms with Crippen molar-refractivity contribution in [3.8, 4) is 0 Å². The third-order valence-corrected chi connectivity index (χ3v) is 4.64. The summed E-state index contributed by atoms with van der Waals surface area (Å²) in [7, 11) is 1.81. The van der Waals surface area contributed by atoms with Crippen LogP contribution in [-0.4, -0.2) is 18.1 Å². The molecule has 2 aromatic heterocycles. The largest absolute Gasteiger partial charge is 0.372 e. The average Bonchev–Trinajstić information content (AvgIpc) is 3.14. The standard InChI is InChI=1S/C14H15Cl2N3S/c1-17-13-11(15)6-12(16)14(18-13)19(10-2-3-10)7-9-4-5-20-8-9/h4-6,8,10H,2-3,7H2,1H3,(H,17,18). The Morgan fingerprint density at radius 1 is 1.40 bits per heavy atom. The third-order valence-electron chi connectivity index (χ3n) is 3.34. The molecule has 0 aromatic carbocycles. The summed E-state index contributed by atoms with van der Waals surface area (Å²) in [4.78, 5) is 6.87. The van der Waals surface area contributed by atoms with Crippen LogP contribution in [0.3, 0.4) is 0 Å². The van der Waals surface area contributed by atoms with Crippen molar-refractivity contribution in [3.63, 3.8) is 0 Å². The van der Waals surface area contributed by atoms with E-state index in [9.17, 15) is 0 Å². The molecule has 6 heteroatoms. The second-order valence-electron chi connectivity index (χ2n) is 4.86. The highest BCUT2D eigenvalue weighted by Crippen LogP contribution is 2.38. The van der Waals surface area contributed by atoms with Gasteiger partial charge in [0.25, 0.3) is 0 Å². The lowest BCUT2D eigenvalue weighted by atomic mass is 10.3. The summed E-state index contributed by atoms with van der Waals surface area (Å²) in [5.41, 5.74) is 1.29. The number of anilines is 2. The van der Waals surface area contributed by atoms with Gasteiger partial charge >= 0.3 is 0 Å². The minimum Gasteiger partial charge on any atom is -0.372 e. The van der Waals surface area contributed by atoms with E-state index < -0.39 is 0 Å². The van der Waals surface area contributed by atoms with E-state index in [-0.39, 0.29) is 0 Å². The number of nitrogens with zero attached hydrogens (tertiary/aromatic N) is 2. The van der Waals surface area contributed by atoms with Crippen LogP contribution in [0.2, 0.25) is 10.0 Å². The molecule has 0 amide bonds. The molecule has 0 spiro atoms. The van der Waals surface area contributed by atoms with Crippen molar-refractivity contribution in [1.82, 2.24) is 4.98 Å². The van der Waals surface area contributed by atoms with E-state index in [0.29, 0.717) is 21.9 Å². The first kappa shape index (κ1) is 14.0. The maximum Gasteiger partial charge on any atom is 0.150 e. The lowest BCUT2D eigenvalue weighted by molar-refractivity contribution is 0.781. The van der Waals surface area contributed by atoms with Gasteiger partial charge in [-0.25, -0.2) is 4.98 Å². The van der Waals surface area contributed by atoms with Crippen LogP contribution in [0.15, 0.2) is 22.9 Å². The van der Waals surface area contributed by atoms with Gasteiger partial charge in [-0.3, -0.25) is 0 Å². The van der Waals surface area contributed by atoms with Crippen LogP contribution in [0, 0.1) is 0 Å². The van der Waals surface area contributed by atoms with E-state index in [2.05, 4.69) is 32.0 Å². The van der Waals surface area contributed by atoms with Gasteiger partial charge < -0.3 is 10.2 Å². The summed E-state index contributed by atoms with van der Waals surface area (Å²) in [5.74, 6) is 1.48. The zero-order valence-electron chi connectivity index (χ0n) is 11.1. The topological polar surface area (TPSA) is 28.2 Å².